The number of carbonyl (C=O) groups excluding carboxylic acids is 1. The molecule has 3 N–H and O–H groups in total. The molecule has 0 radical (unpaired) electrons. The minimum absolute atomic E-state index is 0.0569. The van der Waals surface area contributed by atoms with Gasteiger partial charge in [-0.25, -0.2) is 4.39 Å². The fourth-order valence-electron chi connectivity index (χ4n) is 3.06. The van der Waals surface area contributed by atoms with Crippen LogP contribution in [-0.4, -0.2) is 57.2 Å². The molecule has 0 aliphatic carbocycles. The maximum absolute atomic E-state index is 14.4. The Morgan fingerprint density at radius 3 is 2.71 bits per heavy atom. The number of carboxylic acid groups (broad SMARTS) is 1. The largest absolute Gasteiger partial charge is 0.483 e. The first kappa shape index (κ1) is 21.5. The summed E-state index contributed by atoms with van der Waals surface area (Å²) in [5.41, 5.74) is 1.68. The highest BCUT2D eigenvalue weighted by Crippen LogP contribution is 2.24. The molecule has 3 rings (SSSR count). The molecule has 9 heteroatoms. The molecule has 1 amide bonds. The third kappa shape index (κ3) is 6.41. The van der Waals surface area contributed by atoms with Crippen LogP contribution in [-0.2, 0) is 9.59 Å². The normalized spacial score (nSPS) is 14.1. The van der Waals surface area contributed by atoms with Crippen molar-refractivity contribution < 1.29 is 19.1 Å². The molecule has 0 spiro atoms. The Labute approximate surface area is 163 Å². The lowest BCUT2D eigenvalue weighted by Crippen LogP contribution is -2.31. The number of nitrogens with one attached hydrogen (secondary N) is 2. The molecule has 0 unspecified atom stereocenters. The van der Waals surface area contributed by atoms with Gasteiger partial charge in [-0.3, -0.25) is 19.7 Å². The van der Waals surface area contributed by atoms with Crippen molar-refractivity contribution in [3.05, 3.63) is 29.8 Å². The van der Waals surface area contributed by atoms with Gasteiger partial charge in [0.05, 0.1) is 0 Å². The lowest BCUT2D eigenvalue weighted by Gasteiger charge is -2.26. The fraction of sp³-hybridized carbons (Fsp3) is 0.474. The molecule has 0 saturated carbocycles. The van der Waals surface area contributed by atoms with E-state index in [2.05, 4.69) is 25.4 Å². The van der Waals surface area contributed by atoms with Gasteiger partial charge in [-0.1, -0.05) is 6.42 Å². The first-order valence-electron chi connectivity index (χ1n) is 9.32. The zero-order valence-corrected chi connectivity index (χ0v) is 15.9. The average molecular weight is 391 g/mol. The number of rotatable bonds is 6. The summed E-state index contributed by atoms with van der Waals surface area (Å²) in [6.07, 6.45) is 6.49. The van der Waals surface area contributed by atoms with E-state index in [0.29, 0.717) is 12.0 Å². The smallest absolute Gasteiger partial charge is 0.290 e. The second kappa shape index (κ2) is 11.1. The molecule has 0 bridgehead atoms. The number of likely N-dealkylation sites (tertiary alicyclic amines) is 1. The van der Waals surface area contributed by atoms with Crippen molar-refractivity contribution in [1.29, 1.82) is 0 Å². The first-order chi connectivity index (χ1) is 13.5. The number of hydrogen-bond donors (Lipinski definition) is 3. The predicted octanol–water partition coefficient (Wildman–Crippen LogP) is 2.82. The number of pyridine rings is 1. The second-order valence-electron chi connectivity index (χ2n) is 6.61. The van der Waals surface area contributed by atoms with E-state index in [1.165, 1.54) is 19.3 Å². The van der Waals surface area contributed by atoms with Gasteiger partial charge in [0.25, 0.3) is 6.47 Å². The van der Waals surface area contributed by atoms with Crippen LogP contribution in [0.3, 0.4) is 0 Å². The molecular formula is C19H26FN5O3. The summed E-state index contributed by atoms with van der Waals surface area (Å²) in [7, 11) is 0. The molecule has 1 aliphatic rings. The molecule has 0 atom stereocenters. The number of aryl methyl sites for hydroxylation is 1. The number of carbonyl (C=O) groups is 2. The van der Waals surface area contributed by atoms with Gasteiger partial charge in [0, 0.05) is 23.9 Å². The zero-order chi connectivity index (χ0) is 20.4. The van der Waals surface area contributed by atoms with Crippen LogP contribution in [0.5, 0.6) is 0 Å². The van der Waals surface area contributed by atoms with E-state index in [4.69, 9.17) is 9.90 Å². The summed E-state index contributed by atoms with van der Waals surface area (Å²) in [5, 5.41) is 16.0. The second-order valence-corrected chi connectivity index (χ2v) is 6.61. The highest BCUT2D eigenvalue weighted by atomic mass is 19.1. The summed E-state index contributed by atoms with van der Waals surface area (Å²) in [5.74, 6) is -0.829. The molecule has 152 valence electrons. The Balaban J connectivity index is 0.000000878. The monoisotopic (exact) mass is 391 g/mol. The van der Waals surface area contributed by atoms with Crippen molar-refractivity contribution >= 4 is 18.2 Å². The standard InChI is InChI=1S/C18H24FN5O.CH2O2/c1-13-7-8-14(12-20-13)17-16(19)18(23-22-17)21-15(25)6-5-11-24-9-3-2-4-10-24;2-1-3/h7-8,12H,2-6,9-11H2,1H3,(H2,21,22,23,25);1H,(H,2,3). The molecule has 1 saturated heterocycles. The first-order valence-corrected chi connectivity index (χ1v) is 9.32. The van der Waals surface area contributed by atoms with E-state index in [0.717, 1.165) is 31.7 Å². The molecule has 8 nitrogen and oxygen atoms in total. The highest BCUT2D eigenvalue weighted by Gasteiger charge is 2.17. The molecule has 1 fully saturated rings. The summed E-state index contributed by atoms with van der Waals surface area (Å²) < 4.78 is 14.4. The van der Waals surface area contributed by atoms with Gasteiger partial charge in [0.1, 0.15) is 5.69 Å². The topological polar surface area (TPSA) is 111 Å². The minimum atomic E-state index is -0.560. The van der Waals surface area contributed by atoms with Gasteiger partial charge in [-0.05, 0) is 58.0 Å². The van der Waals surface area contributed by atoms with Crippen LogP contribution in [0.15, 0.2) is 18.3 Å². The lowest BCUT2D eigenvalue weighted by molar-refractivity contribution is -0.123. The number of anilines is 1. The number of nitrogens with zero attached hydrogens (tertiary/aromatic N) is 3. The van der Waals surface area contributed by atoms with Gasteiger partial charge >= 0.3 is 0 Å². The van der Waals surface area contributed by atoms with Crippen molar-refractivity contribution in [3.8, 4) is 11.3 Å². The molecule has 3 heterocycles. The van der Waals surface area contributed by atoms with Crippen molar-refractivity contribution in [1.82, 2.24) is 20.1 Å². The van der Waals surface area contributed by atoms with Crippen molar-refractivity contribution in [2.75, 3.05) is 25.0 Å². The molecule has 28 heavy (non-hydrogen) atoms. The van der Waals surface area contributed by atoms with Crippen molar-refractivity contribution in [3.63, 3.8) is 0 Å². The van der Waals surface area contributed by atoms with Crippen LogP contribution in [0.1, 0.15) is 37.8 Å². The molecule has 2 aromatic rings. The number of H-pyrrole nitrogens is 1. The van der Waals surface area contributed by atoms with Crippen molar-refractivity contribution in [2.24, 2.45) is 0 Å². The maximum Gasteiger partial charge on any atom is 0.290 e. The minimum Gasteiger partial charge on any atom is -0.483 e. The highest BCUT2D eigenvalue weighted by molar-refractivity contribution is 5.90. The quantitative estimate of drug-likeness (QED) is 0.653. The zero-order valence-electron chi connectivity index (χ0n) is 15.9. The lowest BCUT2D eigenvalue weighted by atomic mass is 10.1. The van der Waals surface area contributed by atoms with Crippen LogP contribution >= 0.6 is 0 Å². The van der Waals surface area contributed by atoms with Crippen molar-refractivity contribution in [2.45, 2.75) is 39.0 Å². The Morgan fingerprint density at radius 2 is 2.07 bits per heavy atom. The third-order valence-electron chi connectivity index (χ3n) is 4.49. The Hall–Kier alpha value is -2.81. The Kier molecular flexibility index (Phi) is 8.54. The summed E-state index contributed by atoms with van der Waals surface area (Å²) in [6.45, 7) is 4.76. The van der Waals surface area contributed by atoms with E-state index in [9.17, 15) is 9.18 Å². The van der Waals surface area contributed by atoms with Gasteiger partial charge in [0.2, 0.25) is 5.91 Å². The predicted molar refractivity (Wildman–Crippen MR) is 103 cm³/mol. The van der Waals surface area contributed by atoms with E-state index in [1.54, 1.807) is 18.3 Å². The van der Waals surface area contributed by atoms with E-state index < -0.39 is 5.82 Å². The fourth-order valence-corrected chi connectivity index (χ4v) is 3.06. The number of hydrogen-bond acceptors (Lipinski definition) is 5. The van der Waals surface area contributed by atoms with E-state index in [1.807, 2.05) is 6.92 Å². The van der Waals surface area contributed by atoms with Crippen LogP contribution < -0.4 is 5.32 Å². The molecular weight excluding hydrogens is 365 g/mol. The Morgan fingerprint density at radius 1 is 1.36 bits per heavy atom. The Bertz CT molecular complexity index is 757. The number of amides is 1. The summed E-state index contributed by atoms with van der Waals surface area (Å²) in [6, 6.07) is 3.57. The van der Waals surface area contributed by atoms with Crippen LogP contribution in [0.25, 0.3) is 11.3 Å². The van der Waals surface area contributed by atoms with Crippen LogP contribution in [0, 0.1) is 12.7 Å². The number of aromatic amines is 1. The van der Waals surface area contributed by atoms with E-state index in [-0.39, 0.29) is 23.9 Å². The maximum atomic E-state index is 14.4. The molecule has 0 aromatic carbocycles. The number of halogens is 1. The average Bonchev–Trinajstić information content (AvgIpc) is 3.04. The molecule has 1 aliphatic heterocycles. The van der Waals surface area contributed by atoms with Crippen LogP contribution in [0.4, 0.5) is 10.2 Å². The van der Waals surface area contributed by atoms with Crippen LogP contribution in [0.2, 0.25) is 0 Å². The number of aromatic nitrogens is 3. The van der Waals surface area contributed by atoms with Gasteiger partial charge in [-0.15, -0.1) is 0 Å². The third-order valence-corrected chi connectivity index (χ3v) is 4.49. The van der Waals surface area contributed by atoms with Gasteiger partial charge < -0.3 is 15.3 Å². The summed E-state index contributed by atoms with van der Waals surface area (Å²) in [4.78, 5) is 26.9. The van der Waals surface area contributed by atoms with E-state index >= 15 is 0 Å². The SMILES string of the molecule is Cc1ccc(-c2[nH]nc(NC(=O)CCCN3CCCCC3)c2F)cn1.O=CO. The number of piperidine rings is 1. The summed E-state index contributed by atoms with van der Waals surface area (Å²) >= 11 is 0. The van der Waals surface area contributed by atoms with Gasteiger partial charge in [-0.2, -0.15) is 5.10 Å². The van der Waals surface area contributed by atoms with Gasteiger partial charge in [0.15, 0.2) is 11.6 Å². The molecule has 2 aromatic heterocycles.